The van der Waals surface area contributed by atoms with Gasteiger partial charge in [0.2, 0.25) is 11.9 Å². The van der Waals surface area contributed by atoms with Crippen LogP contribution in [-0.4, -0.2) is 52.3 Å². The van der Waals surface area contributed by atoms with Gasteiger partial charge < -0.3 is 9.80 Å². The standard InChI is InChI=1S/C12H17BrN4O/c13-4-1-3-11(18)16-7-9-17(10-8-16)12-14-5-2-6-15-12/h2,5-6H,1,3-4,7-10H2. The molecule has 0 saturated carbocycles. The van der Waals surface area contributed by atoms with Crippen molar-refractivity contribution in [2.45, 2.75) is 12.8 Å². The molecular weight excluding hydrogens is 296 g/mol. The average molecular weight is 313 g/mol. The average Bonchev–Trinajstić information content (AvgIpc) is 2.46. The Morgan fingerprint density at radius 2 is 1.89 bits per heavy atom. The molecule has 6 heteroatoms. The van der Waals surface area contributed by atoms with E-state index in [9.17, 15) is 4.79 Å². The van der Waals surface area contributed by atoms with Crippen molar-refractivity contribution in [2.24, 2.45) is 0 Å². The van der Waals surface area contributed by atoms with Gasteiger partial charge in [0.15, 0.2) is 0 Å². The Morgan fingerprint density at radius 3 is 2.50 bits per heavy atom. The van der Waals surface area contributed by atoms with Gasteiger partial charge in [-0.15, -0.1) is 0 Å². The molecule has 0 bridgehead atoms. The fraction of sp³-hybridized carbons (Fsp3) is 0.583. The summed E-state index contributed by atoms with van der Waals surface area (Å²) in [6.45, 7) is 3.15. The minimum atomic E-state index is 0.253. The predicted octanol–water partition coefficient (Wildman–Crippen LogP) is 1.30. The molecule has 1 aromatic heterocycles. The van der Waals surface area contributed by atoms with E-state index in [1.807, 2.05) is 11.0 Å². The second-order valence-electron chi connectivity index (χ2n) is 4.21. The Kier molecular flexibility index (Phi) is 4.92. The lowest BCUT2D eigenvalue weighted by molar-refractivity contribution is -0.131. The third-order valence-corrected chi connectivity index (χ3v) is 3.55. The van der Waals surface area contributed by atoms with Crippen LogP contribution in [0.1, 0.15) is 12.8 Å². The van der Waals surface area contributed by atoms with Crippen molar-refractivity contribution in [3.05, 3.63) is 18.5 Å². The van der Waals surface area contributed by atoms with Crippen molar-refractivity contribution >= 4 is 27.8 Å². The summed E-state index contributed by atoms with van der Waals surface area (Å²) in [5, 5.41) is 0.885. The minimum Gasteiger partial charge on any atom is -0.339 e. The molecule has 98 valence electrons. The predicted molar refractivity (Wildman–Crippen MR) is 73.9 cm³/mol. The summed E-state index contributed by atoms with van der Waals surface area (Å²) in [6, 6.07) is 1.81. The molecule has 0 unspecified atom stereocenters. The van der Waals surface area contributed by atoms with Crippen molar-refractivity contribution in [3.8, 4) is 0 Å². The van der Waals surface area contributed by atoms with E-state index in [-0.39, 0.29) is 5.91 Å². The van der Waals surface area contributed by atoms with Crippen LogP contribution in [0, 0.1) is 0 Å². The van der Waals surface area contributed by atoms with Gasteiger partial charge in [-0.25, -0.2) is 9.97 Å². The van der Waals surface area contributed by atoms with Crippen LogP contribution in [0.3, 0.4) is 0 Å². The molecule has 2 heterocycles. The number of halogens is 1. The molecule has 0 aromatic carbocycles. The van der Waals surface area contributed by atoms with Crippen molar-refractivity contribution < 1.29 is 4.79 Å². The Morgan fingerprint density at radius 1 is 1.22 bits per heavy atom. The number of anilines is 1. The van der Waals surface area contributed by atoms with Gasteiger partial charge in [0.05, 0.1) is 0 Å². The lowest BCUT2D eigenvalue weighted by Crippen LogP contribution is -2.49. The molecule has 0 radical (unpaired) electrons. The highest BCUT2D eigenvalue weighted by Crippen LogP contribution is 2.11. The van der Waals surface area contributed by atoms with Crippen LogP contribution >= 0.6 is 15.9 Å². The first-order chi connectivity index (χ1) is 8.81. The first kappa shape index (κ1) is 13.3. The molecule has 1 amide bonds. The second-order valence-corrected chi connectivity index (χ2v) is 5.00. The zero-order chi connectivity index (χ0) is 12.8. The Balaban J connectivity index is 1.83. The number of aromatic nitrogens is 2. The highest BCUT2D eigenvalue weighted by molar-refractivity contribution is 9.09. The van der Waals surface area contributed by atoms with Crippen LogP contribution in [0.15, 0.2) is 18.5 Å². The first-order valence-corrected chi connectivity index (χ1v) is 7.29. The van der Waals surface area contributed by atoms with Gasteiger partial charge >= 0.3 is 0 Å². The number of hydrogen-bond donors (Lipinski definition) is 0. The molecule has 1 aromatic rings. The molecule has 1 aliphatic rings. The maximum absolute atomic E-state index is 11.9. The van der Waals surface area contributed by atoms with Gasteiger partial charge in [0.1, 0.15) is 0 Å². The zero-order valence-corrected chi connectivity index (χ0v) is 11.8. The second kappa shape index (κ2) is 6.68. The summed E-state index contributed by atoms with van der Waals surface area (Å²) in [7, 11) is 0. The maximum atomic E-state index is 11.9. The van der Waals surface area contributed by atoms with Gasteiger partial charge in [0.25, 0.3) is 0 Å². The molecule has 18 heavy (non-hydrogen) atoms. The van der Waals surface area contributed by atoms with E-state index in [1.54, 1.807) is 12.4 Å². The van der Waals surface area contributed by atoms with Crippen molar-refractivity contribution in [1.29, 1.82) is 0 Å². The van der Waals surface area contributed by atoms with Crippen LogP contribution in [0.25, 0.3) is 0 Å². The molecular formula is C12H17BrN4O. The fourth-order valence-electron chi connectivity index (χ4n) is 1.99. The fourth-order valence-corrected chi connectivity index (χ4v) is 2.27. The topological polar surface area (TPSA) is 49.3 Å². The molecule has 1 fully saturated rings. The van der Waals surface area contributed by atoms with Gasteiger partial charge in [-0.05, 0) is 12.5 Å². The van der Waals surface area contributed by atoms with Gasteiger partial charge in [-0.2, -0.15) is 0 Å². The first-order valence-electron chi connectivity index (χ1n) is 6.17. The highest BCUT2D eigenvalue weighted by atomic mass is 79.9. The molecule has 2 rings (SSSR count). The molecule has 0 atom stereocenters. The quantitative estimate of drug-likeness (QED) is 0.786. The van der Waals surface area contributed by atoms with Crippen molar-refractivity contribution in [3.63, 3.8) is 0 Å². The zero-order valence-electron chi connectivity index (χ0n) is 10.3. The normalized spacial score (nSPS) is 15.8. The number of carbonyl (C=O) groups excluding carboxylic acids is 1. The summed E-state index contributed by atoms with van der Waals surface area (Å²) < 4.78 is 0. The van der Waals surface area contributed by atoms with Gasteiger partial charge in [0, 0.05) is 50.3 Å². The molecule has 1 saturated heterocycles. The van der Waals surface area contributed by atoms with E-state index >= 15 is 0 Å². The Labute approximate surface area is 115 Å². The van der Waals surface area contributed by atoms with Crippen LogP contribution in [-0.2, 0) is 4.79 Å². The molecule has 0 spiro atoms. The molecule has 1 aliphatic heterocycles. The largest absolute Gasteiger partial charge is 0.339 e. The van der Waals surface area contributed by atoms with Crippen molar-refractivity contribution in [1.82, 2.24) is 14.9 Å². The van der Waals surface area contributed by atoms with E-state index in [0.29, 0.717) is 6.42 Å². The number of hydrogen-bond acceptors (Lipinski definition) is 4. The van der Waals surface area contributed by atoms with E-state index in [1.165, 1.54) is 0 Å². The number of alkyl halides is 1. The summed E-state index contributed by atoms with van der Waals surface area (Å²) in [4.78, 5) is 24.4. The maximum Gasteiger partial charge on any atom is 0.225 e. The summed E-state index contributed by atoms with van der Waals surface area (Å²) in [5.41, 5.74) is 0. The van der Waals surface area contributed by atoms with E-state index in [4.69, 9.17) is 0 Å². The smallest absolute Gasteiger partial charge is 0.225 e. The summed E-state index contributed by atoms with van der Waals surface area (Å²) in [5.74, 6) is 1.01. The SMILES string of the molecule is O=C(CCCBr)N1CCN(c2ncccn2)CC1. The van der Waals surface area contributed by atoms with E-state index in [2.05, 4.69) is 30.8 Å². The van der Waals surface area contributed by atoms with E-state index in [0.717, 1.165) is 43.9 Å². The Hall–Kier alpha value is -1.17. The number of amides is 1. The number of rotatable bonds is 4. The van der Waals surface area contributed by atoms with Crippen LogP contribution in [0.4, 0.5) is 5.95 Å². The summed E-state index contributed by atoms with van der Waals surface area (Å²) in [6.07, 6.45) is 5.03. The lowest BCUT2D eigenvalue weighted by Gasteiger charge is -2.34. The number of piperazine rings is 1. The van der Waals surface area contributed by atoms with Gasteiger partial charge in [-0.1, -0.05) is 15.9 Å². The molecule has 5 nitrogen and oxygen atoms in total. The van der Waals surface area contributed by atoms with Crippen molar-refractivity contribution in [2.75, 3.05) is 36.4 Å². The summed E-state index contributed by atoms with van der Waals surface area (Å²) >= 11 is 3.35. The van der Waals surface area contributed by atoms with Crippen LogP contribution < -0.4 is 4.90 Å². The van der Waals surface area contributed by atoms with E-state index < -0.39 is 0 Å². The monoisotopic (exact) mass is 312 g/mol. The molecule has 0 N–H and O–H groups in total. The number of nitrogens with zero attached hydrogens (tertiary/aromatic N) is 4. The van der Waals surface area contributed by atoms with Crippen LogP contribution in [0.5, 0.6) is 0 Å². The van der Waals surface area contributed by atoms with Gasteiger partial charge in [-0.3, -0.25) is 4.79 Å². The minimum absolute atomic E-state index is 0.253. The third-order valence-electron chi connectivity index (χ3n) is 2.99. The third kappa shape index (κ3) is 3.41. The lowest BCUT2D eigenvalue weighted by atomic mass is 10.2. The number of carbonyl (C=O) groups is 1. The Bertz CT molecular complexity index is 379. The molecule has 0 aliphatic carbocycles. The highest BCUT2D eigenvalue weighted by Gasteiger charge is 2.21. The van der Waals surface area contributed by atoms with Crippen LogP contribution in [0.2, 0.25) is 0 Å².